The van der Waals surface area contributed by atoms with Crippen molar-refractivity contribution in [2.75, 3.05) is 24.6 Å². The van der Waals surface area contributed by atoms with Crippen LogP contribution in [0, 0.1) is 0 Å². The Bertz CT molecular complexity index is 1450. The molecule has 3 N–H and O–H groups in total. The minimum absolute atomic E-state index is 0.112. The third-order valence-corrected chi connectivity index (χ3v) is 6.96. The summed E-state index contributed by atoms with van der Waals surface area (Å²) < 4.78 is 2.03. The summed E-state index contributed by atoms with van der Waals surface area (Å²) in [6.07, 6.45) is 11.7. The van der Waals surface area contributed by atoms with E-state index in [0.29, 0.717) is 23.1 Å². The van der Waals surface area contributed by atoms with Crippen LogP contribution in [0.25, 0.3) is 16.8 Å². The van der Waals surface area contributed by atoms with Gasteiger partial charge >= 0.3 is 0 Å². The van der Waals surface area contributed by atoms with Gasteiger partial charge in [0.25, 0.3) is 5.91 Å². The van der Waals surface area contributed by atoms with Crippen LogP contribution in [-0.4, -0.2) is 50.1 Å². The van der Waals surface area contributed by atoms with E-state index in [1.54, 1.807) is 31.6 Å². The second kappa shape index (κ2) is 9.07. The molecule has 1 aliphatic carbocycles. The number of carbonyl (C=O) groups is 1. The van der Waals surface area contributed by atoms with Crippen LogP contribution < -0.4 is 11.1 Å². The van der Waals surface area contributed by atoms with Gasteiger partial charge in [-0.05, 0) is 61.4 Å². The first-order chi connectivity index (χ1) is 17.6. The number of fused-ring (bicyclic) bond motifs is 1. The first kappa shape index (κ1) is 22.2. The zero-order chi connectivity index (χ0) is 24.6. The van der Waals surface area contributed by atoms with Crippen molar-refractivity contribution in [1.82, 2.24) is 24.3 Å². The molecule has 2 fully saturated rings. The number of nitrogens with zero attached hydrogens (tertiary/aromatic N) is 6. The Labute approximate surface area is 209 Å². The smallest absolute Gasteiger partial charge is 0.256 e. The van der Waals surface area contributed by atoms with Crippen LogP contribution in [0.1, 0.15) is 59.4 Å². The normalized spacial score (nSPS) is 17.8. The van der Waals surface area contributed by atoms with Gasteiger partial charge in [-0.2, -0.15) is 0 Å². The van der Waals surface area contributed by atoms with Crippen molar-refractivity contribution in [1.29, 1.82) is 0 Å². The minimum atomic E-state index is -0.195. The molecule has 4 heterocycles. The summed E-state index contributed by atoms with van der Waals surface area (Å²) in [5, 5.41) is 2.92. The highest BCUT2D eigenvalue weighted by Gasteiger charge is 2.30. The molecule has 3 aromatic heterocycles. The molecular formula is C27H28N8O. The van der Waals surface area contributed by atoms with Gasteiger partial charge in [-0.1, -0.05) is 12.1 Å². The average molecular weight is 481 g/mol. The van der Waals surface area contributed by atoms with E-state index >= 15 is 0 Å². The van der Waals surface area contributed by atoms with Gasteiger partial charge in [0.05, 0.1) is 12.4 Å². The molecule has 1 amide bonds. The zero-order valence-electron chi connectivity index (χ0n) is 20.1. The standard InChI is InChI=1S/C27H28N8O/c1-29-16-34-13-2-3-21(34)26-33-23(24-25(28)31-12-14-35(24)26)18-6-8-19(9-7-18)27(36)32-22-15-20(10-11-30-22)17-4-5-17/h6-12,14-17,21H,2-5,13H2,1H3,(H2,28,31)(H,30,32,36)/t21-/m0/s1. The Kier molecular flexibility index (Phi) is 5.59. The molecule has 9 heteroatoms. The summed E-state index contributed by atoms with van der Waals surface area (Å²) in [7, 11) is 1.78. The molecule has 0 radical (unpaired) electrons. The fourth-order valence-corrected chi connectivity index (χ4v) is 5.03. The summed E-state index contributed by atoms with van der Waals surface area (Å²) in [4.78, 5) is 33.0. The number of nitrogen functional groups attached to an aromatic ring is 1. The lowest BCUT2D eigenvalue weighted by Crippen LogP contribution is -2.23. The number of hydrogen-bond acceptors (Lipinski definition) is 6. The Balaban J connectivity index is 1.30. The van der Waals surface area contributed by atoms with E-state index < -0.39 is 0 Å². The van der Waals surface area contributed by atoms with Gasteiger partial charge in [-0.3, -0.25) is 14.2 Å². The first-order valence-electron chi connectivity index (χ1n) is 12.3. The van der Waals surface area contributed by atoms with E-state index in [1.807, 2.05) is 41.2 Å². The molecule has 1 saturated heterocycles. The maximum atomic E-state index is 12.9. The summed E-state index contributed by atoms with van der Waals surface area (Å²) in [6.45, 7) is 0.940. The quantitative estimate of drug-likeness (QED) is 0.314. The molecule has 1 saturated carbocycles. The predicted molar refractivity (Wildman–Crippen MR) is 140 cm³/mol. The highest BCUT2D eigenvalue weighted by Crippen LogP contribution is 2.40. The molecule has 1 atom stereocenters. The van der Waals surface area contributed by atoms with E-state index in [-0.39, 0.29) is 11.9 Å². The number of pyridine rings is 1. The molecule has 182 valence electrons. The largest absolute Gasteiger partial charge is 0.382 e. The molecule has 1 aromatic carbocycles. The molecule has 4 aromatic rings. The molecule has 9 nitrogen and oxygen atoms in total. The van der Waals surface area contributed by atoms with Crippen LogP contribution in [0.5, 0.6) is 0 Å². The number of carbonyl (C=O) groups excluding carboxylic acids is 1. The van der Waals surface area contributed by atoms with Crippen LogP contribution in [0.2, 0.25) is 0 Å². The lowest BCUT2D eigenvalue weighted by Gasteiger charge is -2.20. The van der Waals surface area contributed by atoms with Gasteiger partial charge < -0.3 is 16.0 Å². The molecular weight excluding hydrogens is 452 g/mol. The number of likely N-dealkylation sites (tertiary alicyclic amines) is 1. The second-order valence-corrected chi connectivity index (χ2v) is 9.40. The Morgan fingerprint density at radius 2 is 1.97 bits per heavy atom. The van der Waals surface area contributed by atoms with Crippen LogP contribution in [-0.2, 0) is 0 Å². The number of benzene rings is 1. The minimum Gasteiger partial charge on any atom is -0.382 e. The van der Waals surface area contributed by atoms with Crippen molar-refractivity contribution in [3.05, 3.63) is 71.9 Å². The molecule has 0 bridgehead atoms. The number of imidazole rings is 1. The van der Waals surface area contributed by atoms with Gasteiger partial charge in [-0.25, -0.2) is 15.0 Å². The lowest BCUT2D eigenvalue weighted by molar-refractivity contribution is 0.102. The van der Waals surface area contributed by atoms with Crippen LogP contribution >= 0.6 is 0 Å². The second-order valence-electron chi connectivity index (χ2n) is 9.40. The summed E-state index contributed by atoms with van der Waals surface area (Å²) >= 11 is 0. The number of aliphatic imine (C=N–C) groups is 1. The predicted octanol–water partition coefficient (Wildman–Crippen LogP) is 4.30. The van der Waals surface area contributed by atoms with Crippen molar-refractivity contribution in [2.45, 2.75) is 37.6 Å². The van der Waals surface area contributed by atoms with Gasteiger partial charge in [-0.15, -0.1) is 0 Å². The van der Waals surface area contributed by atoms with E-state index in [1.165, 1.54) is 18.4 Å². The van der Waals surface area contributed by atoms with Crippen LogP contribution in [0.3, 0.4) is 0 Å². The zero-order valence-corrected chi connectivity index (χ0v) is 20.1. The number of hydrogen-bond donors (Lipinski definition) is 2. The molecule has 0 unspecified atom stereocenters. The van der Waals surface area contributed by atoms with Gasteiger partial charge in [0.1, 0.15) is 28.7 Å². The Morgan fingerprint density at radius 1 is 1.14 bits per heavy atom. The maximum Gasteiger partial charge on any atom is 0.256 e. The maximum absolute atomic E-state index is 12.9. The van der Waals surface area contributed by atoms with E-state index in [2.05, 4.69) is 25.2 Å². The number of amides is 1. The van der Waals surface area contributed by atoms with E-state index in [0.717, 1.165) is 42.0 Å². The van der Waals surface area contributed by atoms with Crippen molar-refractivity contribution in [3.63, 3.8) is 0 Å². The lowest BCUT2D eigenvalue weighted by atomic mass is 10.1. The van der Waals surface area contributed by atoms with Gasteiger partial charge in [0.15, 0.2) is 0 Å². The molecule has 0 spiro atoms. The number of nitrogens with two attached hydrogens (primary N) is 1. The highest BCUT2D eigenvalue weighted by molar-refractivity contribution is 6.04. The van der Waals surface area contributed by atoms with Crippen molar-refractivity contribution >= 4 is 29.4 Å². The monoisotopic (exact) mass is 480 g/mol. The van der Waals surface area contributed by atoms with Gasteiger partial charge in [0, 0.05) is 43.3 Å². The summed E-state index contributed by atoms with van der Waals surface area (Å²) in [5.41, 5.74) is 10.5. The highest BCUT2D eigenvalue weighted by atomic mass is 16.1. The fourth-order valence-electron chi connectivity index (χ4n) is 5.03. The number of aromatic nitrogens is 4. The van der Waals surface area contributed by atoms with Gasteiger partial charge in [0.2, 0.25) is 0 Å². The fraction of sp³-hybridized carbons (Fsp3) is 0.296. The topological polar surface area (TPSA) is 114 Å². The number of anilines is 2. The van der Waals surface area contributed by atoms with Crippen LogP contribution in [0.15, 0.2) is 60.0 Å². The summed E-state index contributed by atoms with van der Waals surface area (Å²) in [6, 6.07) is 11.5. The molecule has 2 aliphatic rings. The average Bonchev–Trinajstić information content (AvgIpc) is 3.53. The molecule has 1 aliphatic heterocycles. The third kappa shape index (κ3) is 4.06. The van der Waals surface area contributed by atoms with Crippen molar-refractivity contribution in [2.24, 2.45) is 4.99 Å². The SMILES string of the molecule is CN=CN1CCC[C@H]1c1nc(-c2ccc(C(=O)Nc3cc(C4CC4)ccn3)cc2)c2c(N)nccn12. The van der Waals surface area contributed by atoms with Crippen molar-refractivity contribution < 1.29 is 4.79 Å². The number of nitrogens with one attached hydrogen (secondary N) is 1. The van der Waals surface area contributed by atoms with Crippen molar-refractivity contribution in [3.8, 4) is 11.3 Å². The molecule has 36 heavy (non-hydrogen) atoms. The van der Waals surface area contributed by atoms with E-state index in [9.17, 15) is 4.79 Å². The Morgan fingerprint density at radius 3 is 2.75 bits per heavy atom. The third-order valence-electron chi connectivity index (χ3n) is 6.96. The summed E-state index contributed by atoms with van der Waals surface area (Å²) in [5.74, 6) is 2.32. The van der Waals surface area contributed by atoms with E-state index in [4.69, 9.17) is 10.7 Å². The number of rotatable bonds is 6. The van der Waals surface area contributed by atoms with Crippen LogP contribution in [0.4, 0.5) is 11.6 Å². The molecule has 6 rings (SSSR count). The Hall–Kier alpha value is -4.27. The first-order valence-corrected chi connectivity index (χ1v) is 12.3.